The first-order chi connectivity index (χ1) is 6.84. The van der Waals surface area contributed by atoms with Gasteiger partial charge in [0.15, 0.2) is 0 Å². The maximum Gasteiger partial charge on any atom is 0.0125 e. The molecule has 0 spiro atoms. The van der Waals surface area contributed by atoms with Crippen LogP contribution in [-0.2, 0) is 0 Å². The van der Waals surface area contributed by atoms with Gasteiger partial charge in [-0.3, -0.25) is 0 Å². The molecule has 14 heavy (non-hydrogen) atoms. The van der Waals surface area contributed by atoms with Gasteiger partial charge in [0.25, 0.3) is 0 Å². The first kappa shape index (κ1) is 9.35. The largest absolute Gasteiger partial charge is 0.0901 e. The summed E-state index contributed by atoms with van der Waals surface area (Å²) in [5.41, 5.74) is 1.06. The highest BCUT2D eigenvalue weighted by Crippen LogP contribution is 2.27. The van der Waals surface area contributed by atoms with Crippen molar-refractivity contribution in [2.75, 3.05) is 0 Å². The Bertz CT molecular complexity index is 407. The van der Waals surface area contributed by atoms with Gasteiger partial charge in [0, 0.05) is 9.79 Å². The molecule has 0 saturated heterocycles. The van der Waals surface area contributed by atoms with Crippen molar-refractivity contribution in [2.24, 2.45) is 0 Å². The second-order valence-electron chi connectivity index (χ2n) is 3.06. The van der Waals surface area contributed by atoms with Crippen LogP contribution in [0.1, 0.15) is 5.56 Å². The summed E-state index contributed by atoms with van der Waals surface area (Å²) in [6.07, 6.45) is 0. The number of hydrogen-bond donors (Lipinski definition) is 0. The predicted octanol–water partition coefficient (Wildman–Crippen LogP) is 4.02. The predicted molar refractivity (Wildman–Crippen MR) is 61.5 cm³/mol. The lowest BCUT2D eigenvalue weighted by molar-refractivity contribution is 1.39. The molecule has 0 aliphatic rings. The molecule has 0 N–H and O–H groups in total. The van der Waals surface area contributed by atoms with Gasteiger partial charge in [-0.1, -0.05) is 42.1 Å². The molecule has 69 valence electrons. The standard InChI is InChI=1S/C13H11S/c1-11-6-5-9-13(10-11)14-12-7-3-2-4-8-12/h2-10H,1H2. The third kappa shape index (κ3) is 2.39. The molecule has 0 saturated carbocycles. The molecule has 2 rings (SSSR count). The Kier molecular flexibility index (Phi) is 2.90. The van der Waals surface area contributed by atoms with Gasteiger partial charge in [-0.2, -0.15) is 0 Å². The molecule has 2 aromatic rings. The first-order valence-electron chi connectivity index (χ1n) is 4.49. The molecular weight excluding hydrogens is 188 g/mol. The quantitative estimate of drug-likeness (QED) is 0.704. The third-order valence-corrected chi connectivity index (χ3v) is 2.87. The summed E-state index contributed by atoms with van der Waals surface area (Å²) in [4.78, 5) is 2.50. The Balaban J connectivity index is 2.19. The van der Waals surface area contributed by atoms with Crippen molar-refractivity contribution in [3.05, 3.63) is 67.1 Å². The molecule has 0 atom stereocenters. The van der Waals surface area contributed by atoms with E-state index in [4.69, 9.17) is 0 Å². The summed E-state index contributed by atoms with van der Waals surface area (Å²) in [7, 11) is 0. The van der Waals surface area contributed by atoms with Gasteiger partial charge in [-0.25, -0.2) is 0 Å². The number of hydrogen-bond acceptors (Lipinski definition) is 1. The Hall–Kier alpha value is -1.21. The lowest BCUT2D eigenvalue weighted by Crippen LogP contribution is -1.74. The Morgan fingerprint density at radius 3 is 2.21 bits per heavy atom. The molecule has 0 aliphatic carbocycles. The van der Waals surface area contributed by atoms with E-state index < -0.39 is 0 Å². The van der Waals surface area contributed by atoms with Gasteiger partial charge < -0.3 is 0 Å². The summed E-state index contributed by atoms with van der Waals surface area (Å²) in [5, 5.41) is 0. The highest BCUT2D eigenvalue weighted by atomic mass is 32.2. The van der Waals surface area contributed by atoms with E-state index in [1.165, 1.54) is 9.79 Å². The molecule has 0 aliphatic heterocycles. The van der Waals surface area contributed by atoms with Crippen LogP contribution in [-0.4, -0.2) is 0 Å². The fourth-order valence-corrected chi connectivity index (χ4v) is 2.16. The minimum Gasteiger partial charge on any atom is -0.0901 e. The molecule has 1 heteroatoms. The van der Waals surface area contributed by atoms with Gasteiger partial charge in [0.05, 0.1) is 0 Å². The number of benzene rings is 2. The lowest BCUT2D eigenvalue weighted by Gasteiger charge is -2.01. The summed E-state index contributed by atoms with van der Waals surface area (Å²) in [5.74, 6) is 0. The van der Waals surface area contributed by atoms with E-state index in [9.17, 15) is 0 Å². The monoisotopic (exact) mass is 199 g/mol. The van der Waals surface area contributed by atoms with Gasteiger partial charge in [0.1, 0.15) is 0 Å². The highest BCUT2D eigenvalue weighted by Gasteiger charge is 1.95. The molecule has 2 aromatic carbocycles. The van der Waals surface area contributed by atoms with Gasteiger partial charge >= 0.3 is 0 Å². The fraction of sp³-hybridized carbons (Fsp3) is 0. The van der Waals surface area contributed by atoms with E-state index in [1.807, 2.05) is 18.2 Å². The average Bonchev–Trinajstić information content (AvgIpc) is 2.19. The minimum absolute atomic E-state index is 1.06. The van der Waals surface area contributed by atoms with Crippen molar-refractivity contribution in [2.45, 2.75) is 9.79 Å². The second-order valence-corrected chi connectivity index (χ2v) is 4.21. The van der Waals surface area contributed by atoms with E-state index >= 15 is 0 Å². The smallest absolute Gasteiger partial charge is 0.0125 e. The highest BCUT2D eigenvalue weighted by molar-refractivity contribution is 7.99. The molecule has 0 unspecified atom stereocenters. The zero-order valence-corrected chi connectivity index (χ0v) is 8.63. The van der Waals surface area contributed by atoms with Crippen LogP contribution in [0.3, 0.4) is 0 Å². The van der Waals surface area contributed by atoms with E-state index in [0.717, 1.165) is 5.56 Å². The Labute approximate surface area is 89.0 Å². The van der Waals surface area contributed by atoms with Gasteiger partial charge in [-0.15, -0.1) is 0 Å². The molecule has 1 radical (unpaired) electrons. The molecule has 0 fully saturated rings. The summed E-state index contributed by atoms with van der Waals surface area (Å²) in [6, 6.07) is 18.6. The second kappa shape index (κ2) is 4.34. The maximum absolute atomic E-state index is 3.91. The van der Waals surface area contributed by atoms with Crippen molar-refractivity contribution < 1.29 is 0 Å². The van der Waals surface area contributed by atoms with Crippen LogP contribution in [0.25, 0.3) is 0 Å². The SMILES string of the molecule is [CH2]c1cccc(Sc2ccccc2)c1. The van der Waals surface area contributed by atoms with Crippen LogP contribution in [0.15, 0.2) is 64.4 Å². The van der Waals surface area contributed by atoms with Gasteiger partial charge in [0.2, 0.25) is 0 Å². The maximum atomic E-state index is 3.91. The Morgan fingerprint density at radius 2 is 1.50 bits per heavy atom. The Morgan fingerprint density at radius 1 is 0.786 bits per heavy atom. The fourth-order valence-electron chi connectivity index (χ4n) is 1.23. The van der Waals surface area contributed by atoms with Crippen molar-refractivity contribution in [1.82, 2.24) is 0 Å². The summed E-state index contributed by atoms with van der Waals surface area (Å²) >= 11 is 1.76. The van der Waals surface area contributed by atoms with Crippen LogP contribution >= 0.6 is 11.8 Å². The van der Waals surface area contributed by atoms with E-state index in [-0.39, 0.29) is 0 Å². The van der Waals surface area contributed by atoms with Gasteiger partial charge in [-0.05, 0) is 36.8 Å². The summed E-state index contributed by atoms with van der Waals surface area (Å²) < 4.78 is 0. The van der Waals surface area contributed by atoms with Crippen molar-refractivity contribution >= 4 is 11.8 Å². The summed E-state index contributed by atoms with van der Waals surface area (Å²) in [6.45, 7) is 3.91. The van der Waals surface area contributed by atoms with E-state index in [0.29, 0.717) is 0 Å². The third-order valence-electron chi connectivity index (χ3n) is 1.88. The zero-order valence-electron chi connectivity index (χ0n) is 7.81. The van der Waals surface area contributed by atoms with E-state index in [1.54, 1.807) is 11.8 Å². The van der Waals surface area contributed by atoms with Crippen LogP contribution in [0.4, 0.5) is 0 Å². The number of rotatable bonds is 2. The van der Waals surface area contributed by atoms with Crippen molar-refractivity contribution in [1.29, 1.82) is 0 Å². The van der Waals surface area contributed by atoms with Crippen molar-refractivity contribution in [3.8, 4) is 0 Å². The topological polar surface area (TPSA) is 0 Å². The molecule has 0 bridgehead atoms. The minimum atomic E-state index is 1.06. The molecule has 0 aromatic heterocycles. The molecular formula is C13H11S. The molecule has 0 nitrogen and oxygen atoms in total. The molecule has 0 heterocycles. The lowest BCUT2D eigenvalue weighted by atomic mass is 10.2. The zero-order chi connectivity index (χ0) is 9.80. The van der Waals surface area contributed by atoms with Crippen molar-refractivity contribution in [3.63, 3.8) is 0 Å². The van der Waals surface area contributed by atoms with Crippen LogP contribution in [0, 0.1) is 6.92 Å². The normalized spacial score (nSPS) is 10.1. The molecule has 0 amide bonds. The average molecular weight is 199 g/mol. The van der Waals surface area contributed by atoms with Crippen LogP contribution in [0.2, 0.25) is 0 Å². The van der Waals surface area contributed by atoms with E-state index in [2.05, 4.69) is 43.3 Å². The first-order valence-corrected chi connectivity index (χ1v) is 5.31. The van der Waals surface area contributed by atoms with Crippen LogP contribution in [0.5, 0.6) is 0 Å². The van der Waals surface area contributed by atoms with Crippen LogP contribution < -0.4 is 0 Å².